The van der Waals surface area contributed by atoms with Gasteiger partial charge in [-0.15, -0.1) is 10.2 Å². The van der Waals surface area contributed by atoms with Gasteiger partial charge in [0.2, 0.25) is 11.0 Å². The molecule has 0 aromatic carbocycles. The number of nitrogens with zero attached hydrogens (tertiary/aromatic N) is 6. The first-order valence-electron chi connectivity index (χ1n) is 7.37. The molecular weight excluding hydrogens is 302 g/mol. The van der Waals surface area contributed by atoms with E-state index in [1.54, 1.807) is 6.33 Å². The third kappa shape index (κ3) is 3.86. The van der Waals surface area contributed by atoms with Gasteiger partial charge in [0.25, 0.3) is 0 Å². The summed E-state index contributed by atoms with van der Waals surface area (Å²) >= 11 is 1.39. The van der Waals surface area contributed by atoms with E-state index >= 15 is 0 Å². The number of carbonyl (C=O) groups excluding carboxylic acids is 1. The molecule has 0 bridgehead atoms. The van der Waals surface area contributed by atoms with Crippen LogP contribution in [0.1, 0.15) is 24.3 Å². The Hall–Kier alpha value is -1.87. The minimum absolute atomic E-state index is 0.0401. The monoisotopic (exact) mass is 321 g/mol. The van der Waals surface area contributed by atoms with Crippen LogP contribution in [-0.2, 0) is 11.3 Å². The lowest BCUT2D eigenvalue weighted by Crippen LogP contribution is -2.46. The quantitative estimate of drug-likeness (QED) is 0.881. The summed E-state index contributed by atoms with van der Waals surface area (Å²) in [6.07, 6.45) is 6.64. The number of rotatable bonds is 5. The summed E-state index contributed by atoms with van der Waals surface area (Å²) in [6, 6.07) is 0.317. The molecule has 0 saturated carbocycles. The first kappa shape index (κ1) is 15.0. The third-order valence-electron chi connectivity index (χ3n) is 3.73. The predicted octanol–water partition coefficient (Wildman–Crippen LogP) is 0.931. The van der Waals surface area contributed by atoms with Crippen LogP contribution in [-0.4, -0.2) is 54.9 Å². The van der Waals surface area contributed by atoms with Gasteiger partial charge in [0, 0.05) is 6.04 Å². The van der Waals surface area contributed by atoms with Crippen molar-refractivity contribution in [2.45, 2.75) is 38.8 Å². The van der Waals surface area contributed by atoms with E-state index < -0.39 is 0 Å². The number of likely N-dealkylation sites (tertiary alicyclic amines) is 1. The molecule has 3 heterocycles. The maximum absolute atomic E-state index is 12.2. The van der Waals surface area contributed by atoms with Gasteiger partial charge in [-0.25, -0.2) is 4.98 Å². The van der Waals surface area contributed by atoms with Crippen LogP contribution in [0.5, 0.6) is 0 Å². The highest BCUT2D eigenvalue weighted by Gasteiger charge is 2.25. The molecule has 1 amide bonds. The van der Waals surface area contributed by atoms with Crippen LogP contribution in [0.15, 0.2) is 12.7 Å². The van der Waals surface area contributed by atoms with Crippen LogP contribution in [0.3, 0.4) is 0 Å². The molecule has 118 valence electrons. The van der Waals surface area contributed by atoms with Crippen molar-refractivity contribution in [3.05, 3.63) is 17.7 Å². The van der Waals surface area contributed by atoms with E-state index in [2.05, 4.69) is 30.5 Å². The molecule has 1 aliphatic rings. The zero-order valence-electron chi connectivity index (χ0n) is 12.5. The Labute approximate surface area is 132 Å². The molecule has 3 rings (SSSR count). The van der Waals surface area contributed by atoms with Gasteiger partial charge < -0.3 is 0 Å². The Bertz CT molecular complexity index is 612. The molecule has 2 aromatic heterocycles. The van der Waals surface area contributed by atoms with Crippen LogP contribution < -0.4 is 5.32 Å². The summed E-state index contributed by atoms with van der Waals surface area (Å²) in [5.41, 5.74) is 0. The average Bonchev–Trinajstić information content (AvgIpc) is 3.13. The summed E-state index contributed by atoms with van der Waals surface area (Å²) < 4.78 is 1.83. The highest BCUT2D eigenvalue weighted by atomic mass is 32.1. The maximum Gasteiger partial charge on any atom is 0.240 e. The summed E-state index contributed by atoms with van der Waals surface area (Å²) in [7, 11) is 0. The first-order valence-corrected chi connectivity index (χ1v) is 8.19. The zero-order chi connectivity index (χ0) is 15.4. The van der Waals surface area contributed by atoms with Crippen LogP contribution in [0.25, 0.3) is 0 Å². The summed E-state index contributed by atoms with van der Waals surface area (Å²) in [5, 5.41) is 16.2. The van der Waals surface area contributed by atoms with Crippen molar-refractivity contribution >= 4 is 22.4 Å². The van der Waals surface area contributed by atoms with E-state index in [1.165, 1.54) is 24.1 Å². The molecule has 8 nitrogen and oxygen atoms in total. The Kier molecular flexibility index (Phi) is 4.74. The van der Waals surface area contributed by atoms with E-state index in [9.17, 15) is 4.79 Å². The van der Waals surface area contributed by atoms with Gasteiger partial charge in [-0.3, -0.25) is 19.7 Å². The summed E-state index contributed by atoms with van der Waals surface area (Å²) in [4.78, 5) is 18.4. The molecule has 1 unspecified atom stereocenters. The topological polar surface area (TPSA) is 88.8 Å². The largest absolute Gasteiger partial charge is 0.299 e. The lowest BCUT2D eigenvalue weighted by molar-refractivity contribution is -0.118. The SMILES string of the molecule is Cc1nnc(NC(=O)CN2CCCCC2Cn2cncn2)s1. The molecule has 1 atom stereocenters. The fourth-order valence-electron chi connectivity index (χ4n) is 2.71. The maximum atomic E-state index is 12.2. The second-order valence-corrected chi connectivity index (χ2v) is 6.59. The van der Waals surface area contributed by atoms with Gasteiger partial charge in [-0.1, -0.05) is 17.8 Å². The number of aromatic nitrogens is 5. The van der Waals surface area contributed by atoms with Crippen LogP contribution in [0.2, 0.25) is 0 Å². The van der Waals surface area contributed by atoms with Crippen molar-refractivity contribution < 1.29 is 4.79 Å². The lowest BCUT2D eigenvalue weighted by Gasteiger charge is -2.34. The number of hydrogen-bond acceptors (Lipinski definition) is 7. The number of aryl methyl sites for hydroxylation is 1. The van der Waals surface area contributed by atoms with Crippen molar-refractivity contribution in [3.63, 3.8) is 0 Å². The lowest BCUT2D eigenvalue weighted by atomic mass is 10.0. The molecule has 9 heteroatoms. The number of hydrogen-bond donors (Lipinski definition) is 1. The molecule has 1 saturated heterocycles. The number of nitrogens with one attached hydrogen (secondary N) is 1. The van der Waals surface area contributed by atoms with E-state index in [0.717, 1.165) is 30.9 Å². The normalized spacial score (nSPS) is 19.2. The standard InChI is InChI=1S/C13H19N7OS/c1-10-17-18-13(22-10)16-12(21)7-19-5-3-2-4-11(19)6-20-9-14-8-15-20/h8-9,11H,2-7H2,1H3,(H,16,18,21). The minimum Gasteiger partial charge on any atom is -0.299 e. The summed E-state index contributed by atoms with van der Waals surface area (Å²) in [5.74, 6) is -0.0401. The predicted molar refractivity (Wildman–Crippen MR) is 82.5 cm³/mol. The fraction of sp³-hybridized carbons (Fsp3) is 0.615. The van der Waals surface area contributed by atoms with Crippen molar-refractivity contribution in [2.75, 3.05) is 18.4 Å². The number of anilines is 1. The first-order chi connectivity index (χ1) is 10.7. The van der Waals surface area contributed by atoms with Gasteiger partial charge in [-0.2, -0.15) is 5.10 Å². The number of piperidine rings is 1. The Morgan fingerprint density at radius 2 is 2.36 bits per heavy atom. The van der Waals surface area contributed by atoms with Crippen LogP contribution in [0, 0.1) is 6.92 Å². The van der Waals surface area contributed by atoms with Gasteiger partial charge in [0.05, 0.1) is 13.1 Å². The fourth-order valence-corrected chi connectivity index (χ4v) is 3.32. The smallest absolute Gasteiger partial charge is 0.240 e. The Morgan fingerprint density at radius 1 is 1.45 bits per heavy atom. The zero-order valence-corrected chi connectivity index (χ0v) is 13.3. The van der Waals surface area contributed by atoms with E-state index in [4.69, 9.17) is 0 Å². The van der Waals surface area contributed by atoms with Crippen LogP contribution in [0.4, 0.5) is 5.13 Å². The number of amides is 1. The average molecular weight is 321 g/mol. The summed E-state index contributed by atoms with van der Waals surface area (Å²) in [6.45, 7) is 3.94. The van der Waals surface area contributed by atoms with Gasteiger partial charge in [-0.05, 0) is 26.3 Å². The van der Waals surface area contributed by atoms with Gasteiger partial charge in [0.1, 0.15) is 17.7 Å². The van der Waals surface area contributed by atoms with Crippen molar-refractivity contribution in [2.24, 2.45) is 0 Å². The molecule has 0 radical (unpaired) electrons. The second kappa shape index (κ2) is 6.93. The van der Waals surface area contributed by atoms with E-state index in [-0.39, 0.29) is 5.91 Å². The molecule has 22 heavy (non-hydrogen) atoms. The molecule has 0 spiro atoms. The van der Waals surface area contributed by atoms with Crippen LogP contribution >= 0.6 is 11.3 Å². The molecule has 2 aromatic rings. The third-order valence-corrected chi connectivity index (χ3v) is 4.49. The van der Waals surface area contributed by atoms with Crippen molar-refractivity contribution in [1.29, 1.82) is 0 Å². The van der Waals surface area contributed by atoms with Crippen molar-refractivity contribution in [3.8, 4) is 0 Å². The Balaban J connectivity index is 1.57. The number of carbonyl (C=O) groups is 1. The second-order valence-electron chi connectivity index (χ2n) is 5.41. The molecule has 0 aliphatic carbocycles. The highest BCUT2D eigenvalue weighted by molar-refractivity contribution is 7.15. The molecule has 1 N–H and O–H groups in total. The van der Waals surface area contributed by atoms with Crippen molar-refractivity contribution in [1.82, 2.24) is 29.9 Å². The van der Waals surface area contributed by atoms with E-state index in [1.807, 2.05) is 11.6 Å². The Morgan fingerprint density at radius 3 is 3.09 bits per heavy atom. The molecule has 1 aliphatic heterocycles. The molecular formula is C13H19N7OS. The van der Waals surface area contributed by atoms with Gasteiger partial charge in [0.15, 0.2) is 0 Å². The minimum atomic E-state index is -0.0401. The highest BCUT2D eigenvalue weighted by Crippen LogP contribution is 2.19. The van der Waals surface area contributed by atoms with E-state index in [0.29, 0.717) is 17.7 Å². The van der Waals surface area contributed by atoms with Gasteiger partial charge >= 0.3 is 0 Å². The molecule has 1 fully saturated rings.